The van der Waals surface area contributed by atoms with E-state index in [0.717, 1.165) is 18.7 Å². The molecule has 2 aliphatic rings. The molecule has 4 unspecified atom stereocenters. The number of rotatable bonds is 3. The van der Waals surface area contributed by atoms with Crippen LogP contribution in [0.3, 0.4) is 0 Å². The smallest absolute Gasteiger partial charge is 0.225 e. The maximum atomic E-state index is 12.2. The van der Waals surface area contributed by atoms with Gasteiger partial charge in [-0.05, 0) is 31.1 Å². The summed E-state index contributed by atoms with van der Waals surface area (Å²) in [5.74, 6) is 1.89. The van der Waals surface area contributed by atoms with Crippen LogP contribution in [-0.2, 0) is 18.4 Å². The molecule has 1 aromatic heterocycles. The molecule has 2 fully saturated rings. The van der Waals surface area contributed by atoms with E-state index in [1.54, 1.807) is 10.9 Å². The average molecular weight is 322 g/mol. The highest BCUT2D eigenvalue weighted by atomic mass is 35.5. The molecular weight excluding hydrogens is 301 g/mol. The van der Waals surface area contributed by atoms with E-state index in [-0.39, 0.29) is 42.7 Å². The third kappa shape index (κ3) is 2.92. The van der Waals surface area contributed by atoms with Gasteiger partial charge in [0.2, 0.25) is 5.91 Å². The predicted molar refractivity (Wildman–Crippen MR) is 79.6 cm³/mol. The zero-order valence-electron chi connectivity index (χ0n) is 11.4. The van der Waals surface area contributed by atoms with Gasteiger partial charge in [0.1, 0.15) is 6.33 Å². The van der Waals surface area contributed by atoms with E-state index in [1.165, 1.54) is 6.42 Å². The number of carbonyl (C=O) groups excluding carboxylic acids is 1. The van der Waals surface area contributed by atoms with Crippen molar-refractivity contribution < 1.29 is 4.79 Å². The molecule has 114 valence electrons. The van der Waals surface area contributed by atoms with Crippen LogP contribution >= 0.6 is 24.8 Å². The van der Waals surface area contributed by atoms with Gasteiger partial charge in [-0.3, -0.25) is 4.79 Å². The average Bonchev–Trinajstić information content (AvgIpc) is 3.02. The lowest BCUT2D eigenvalue weighted by Crippen LogP contribution is -2.45. The molecule has 6 nitrogen and oxygen atoms in total. The molecular formula is C12H21Cl2N5O. The minimum absolute atomic E-state index is 0. The molecule has 4 atom stereocenters. The zero-order chi connectivity index (χ0) is 12.7. The van der Waals surface area contributed by atoms with Gasteiger partial charge >= 0.3 is 0 Å². The van der Waals surface area contributed by atoms with Crippen molar-refractivity contribution in [1.29, 1.82) is 0 Å². The molecule has 2 aliphatic carbocycles. The number of carbonyl (C=O) groups is 1. The largest absolute Gasteiger partial charge is 0.348 e. The fraction of sp³-hybridized carbons (Fsp3) is 0.750. The highest BCUT2D eigenvalue weighted by molar-refractivity contribution is 5.85. The normalized spacial score (nSPS) is 30.5. The van der Waals surface area contributed by atoms with E-state index < -0.39 is 0 Å². The second-order valence-corrected chi connectivity index (χ2v) is 5.51. The Morgan fingerprint density at radius 2 is 2.15 bits per heavy atom. The summed E-state index contributed by atoms with van der Waals surface area (Å²) in [6.45, 7) is 0.427. The Morgan fingerprint density at radius 3 is 2.70 bits per heavy atom. The number of aromatic nitrogens is 3. The van der Waals surface area contributed by atoms with E-state index in [4.69, 9.17) is 5.73 Å². The Bertz CT molecular complexity index is 464. The van der Waals surface area contributed by atoms with Crippen LogP contribution in [0.4, 0.5) is 0 Å². The van der Waals surface area contributed by atoms with Gasteiger partial charge in [0.25, 0.3) is 0 Å². The van der Waals surface area contributed by atoms with Gasteiger partial charge < -0.3 is 15.6 Å². The summed E-state index contributed by atoms with van der Waals surface area (Å²) in [4.78, 5) is 12.2. The van der Waals surface area contributed by atoms with Crippen molar-refractivity contribution >= 4 is 30.7 Å². The van der Waals surface area contributed by atoms with Crippen LogP contribution in [0.15, 0.2) is 6.33 Å². The molecule has 2 bridgehead atoms. The van der Waals surface area contributed by atoms with Crippen LogP contribution in [-0.4, -0.2) is 26.7 Å². The first-order valence-electron chi connectivity index (χ1n) is 6.53. The number of hydrogen-bond donors (Lipinski definition) is 2. The molecule has 0 spiro atoms. The Labute approximate surface area is 130 Å². The van der Waals surface area contributed by atoms with Gasteiger partial charge in [-0.1, -0.05) is 0 Å². The van der Waals surface area contributed by atoms with E-state index in [2.05, 4.69) is 15.5 Å². The van der Waals surface area contributed by atoms with Crippen LogP contribution in [0.2, 0.25) is 0 Å². The van der Waals surface area contributed by atoms with Crippen molar-refractivity contribution in [2.45, 2.75) is 31.8 Å². The highest BCUT2D eigenvalue weighted by Gasteiger charge is 2.48. The topological polar surface area (TPSA) is 85.8 Å². The first kappa shape index (κ1) is 17.2. The van der Waals surface area contributed by atoms with E-state index in [1.807, 2.05) is 7.05 Å². The van der Waals surface area contributed by atoms with Gasteiger partial charge in [0.15, 0.2) is 5.82 Å². The van der Waals surface area contributed by atoms with Gasteiger partial charge in [-0.25, -0.2) is 0 Å². The van der Waals surface area contributed by atoms with Crippen LogP contribution in [0.1, 0.15) is 25.1 Å². The van der Waals surface area contributed by atoms with Gasteiger partial charge in [-0.15, -0.1) is 35.0 Å². The third-order valence-electron chi connectivity index (χ3n) is 4.51. The number of aryl methyl sites for hydroxylation is 1. The Morgan fingerprint density at radius 1 is 1.45 bits per heavy atom. The van der Waals surface area contributed by atoms with Crippen molar-refractivity contribution in [2.24, 2.45) is 30.5 Å². The zero-order valence-corrected chi connectivity index (χ0v) is 13.0. The molecule has 1 heterocycles. The van der Waals surface area contributed by atoms with Crippen LogP contribution in [0.5, 0.6) is 0 Å². The number of hydrogen-bond acceptors (Lipinski definition) is 4. The van der Waals surface area contributed by atoms with Crippen molar-refractivity contribution in [3.05, 3.63) is 12.2 Å². The summed E-state index contributed by atoms with van der Waals surface area (Å²) in [6.07, 6.45) is 5.10. The standard InChI is InChI=1S/C12H19N5O.2ClH/c1-17-6-15-16-9(17)5-14-12(18)10-7-2-3-8(4-7)11(10)13;;/h6-8,10-11H,2-5,13H2,1H3,(H,14,18);2*1H. The summed E-state index contributed by atoms with van der Waals surface area (Å²) < 4.78 is 1.81. The molecule has 1 aromatic rings. The van der Waals surface area contributed by atoms with Crippen molar-refractivity contribution in [3.8, 4) is 0 Å². The number of nitrogens with one attached hydrogen (secondary N) is 1. The fourth-order valence-corrected chi connectivity index (χ4v) is 3.48. The molecule has 8 heteroatoms. The van der Waals surface area contributed by atoms with Crippen molar-refractivity contribution in [2.75, 3.05) is 0 Å². The number of halogens is 2. The molecule has 0 aliphatic heterocycles. The first-order valence-corrected chi connectivity index (χ1v) is 6.53. The Balaban J connectivity index is 0.000001000. The summed E-state index contributed by atoms with van der Waals surface area (Å²) in [6, 6.07) is 0.0447. The van der Waals surface area contributed by atoms with Crippen molar-refractivity contribution in [1.82, 2.24) is 20.1 Å². The second-order valence-electron chi connectivity index (χ2n) is 5.51. The Kier molecular flexibility index (Phi) is 5.79. The quantitative estimate of drug-likeness (QED) is 0.855. The summed E-state index contributed by atoms with van der Waals surface area (Å²) in [5.41, 5.74) is 6.15. The van der Waals surface area contributed by atoms with E-state index in [9.17, 15) is 4.79 Å². The molecule has 1 amide bonds. The second kappa shape index (κ2) is 6.74. The minimum Gasteiger partial charge on any atom is -0.348 e. The number of nitrogens with two attached hydrogens (primary N) is 1. The molecule has 3 N–H and O–H groups in total. The number of nitrogens with zero attached hydrogens (tertiary/aromatic N) is 3. The molecule has 2 saturated carbocycles. The summed E-state index contributed by atoms with van der Waals surface area (Å²) in [5, 5.41) is 10.7. The van der Waals surface area contributed by atoms with Crippen molar-refractivity contribution in [3.63, 3.8) is 0 Å². The fourth-order valence-electron chi connectivity index (χ4n) is 3.48. The van der Waals surface area contributed by atoms with E-state index >= 15 is 0 Å². The summed E-state index contributed by atoms with van der Waals surface area (Å²) in [7, 11) is 1.87. The van der Waals surface area contributed by atoms with Crippen LogP contribution in [0.25, 0.3) is 0 Å². The minimum atomic E-state index is -0.00280. The maximum absolute atomic E-state index is 12.2. The Hall–Kier alpha value is -0.850. The number of amides is 1. The molecule has 0 aromatic carbocycles. The molecule has 0 radical (unpaired) electrons. The van der Waals surface area contributed by atoms with Gasteiger partial charge in [0.05, 0.1) is 12.5 Å². The molecule has 20 heavy (non-hydrogen) atoms. The maximum Gasteiger partial charge on any atom is 0.225 e. The summed E-state index contributed by atoms with van der Waals surface area (Å²) >= 11 is 0. The van der Waals surface area contributed by atoms with E-state index in [0.29, 0.717) is 18.4 Å². The number of fused-ring (bicyclic) bond motifs is 2. The van der Waals surface area contributed by atoms with Gasteiger partial charge in [0, 0.05) is 13.1 Å². The predicted octanol–water partition coefficient (Wildman–Crippen LogP) is 0.648. The molecule has 3 rings (SSSR count). The lowest BCUT2D eigenvalue weighted by atomic mass is 9.84. The van der Waals surface area contributed by atoms with Crippen LogP contribution in [0, 0.1) is 17.8 Å². The molecule has 0 saturated heterocycles. The van der Waals surface area contributed by atoms with Crippen LogP contribution < -0.4 is 11.1 Å². The monoisotopic (exact) mass is 321 g/mol. The highest BCUT2D eigenvalue weighted by Crippen LogP contribution is 2.47. The van der Waals surface area contributed by atoms with Gasteiger partial charge in [-0.2, -0.15) is 0 Å². The SMILES string of the molecule is Cl.Cl.Cn1cnnc1CNC(=O)C1C2CCC(C2)C1N. The lowest BCUT2D eigenvalue weighted by Gasteiger charge is -2.26. The third-order valence-corrected chi connectivity index (χ3v) is 4.51. The lowest BCUT2D eigenvalue weighted by molar-refractivity contribution is -0.127. The first-order chi connectivity index (χ1) is 8.66.